The first-order valence-corrected chi connectivity index (χ1v) is 21.7. The average molecular weight is 787 g/mol. The van der Waals surface area contributed by atoms with E-state index in [9.17, 15) is 0 Å². The molecule has 4 heteroatoms. The van der Waals surface area contributed by atoms with Crippen molar-refractivity contribution in [1.29, 1.82) is 0 Å². The van der Waals surface area contributed by atoms with Crippen LogP contribution in [0.1, 0.15) is 22.3 Å². The first-order chi connectivity index (χ1) is 29.2. The van der Waals surface area contributed by atoms with Gasteiger partial charge in [-0.1, -0.05) is 169 Å². The number of benzene rings is 8. The predicted octanol–water partition coefficient (Wildman–Crippen LogP) is 14.9. The van der Waals surface area contributed by atoms with Gasteiger partial charge in [-0.05, 0) is 103 Å². The van der Waals surface area contributed by atoms with E-state index < -0.39 is 5.41 Å². The molecule has 2 aromatic heterocycles. The van der Waals surface area contributed by atoms with Crippen molar-refractivity contribution >= 4 is 33.2 Å². The summed E-state index contributed by atoms with van der Waals surface area (Å²) < 4.78 is 1.36. The van der Waals surface area contributed by atoms with Crippen LogP contribution in [0.15, 0.2) is 215 Å². The number of hydrogen-bond donors (Lipinski definition) is 0. The van der Waals surface area contributed by atoms with Crippen LogP contribution in [0.2, 0.25) is 0 Å². The maximum absolute atomic E-state index is 5.12. The van der Waals surface area contributed by atoms with E-state index in [-0.39, 0.29) is 0 Å². The van der Waals surface area contributed by atoms with E-state index in [1.807, 2.05) is 35.2 Å². The summed E-state index contributed by atoms with van der Waals surface area (Å²) >= 11 is 3.74. The van der Waals surface area contributed by atoms with Crippen molar-refractivity contribution in [3.05, 3.63) is 228 Å². The molecule has 2 nitrogen and oxygen atoms in total. The highest BCUT2D eigenvalue weighted by atomic mass is 32.2. The molecule has 0 radical (unpaired) electrons. The van der Waals surface area contributed by atoms with E-state index in [0.29, 0.717) is 5.82 Å². The minimum absolute atomic E-state index is 0.434. The van der Waals surface area contributed by atoms with Gasteiger partial charge in [0.2, 0.25) is 0 Å². The van der Waals surface area contributed by atoms with Gasteiger partial charge in [0.15, 0.2) is 5.82 Å². The molecule has 8 aromatic carbocycles. The van der Waals surface area contributed by atoms with Crippen LogP contribution in [-0.4, -0.2) is 9.97 Å². The fraction of sp³-hybridized carbons (Fsp3) is 0.0182. The Kier molecular flexibility index (Phi) is 7.90. The van der Waals surface area contributed by atoms with Gasteiger partial charge in [-0.25, -0.2) is 9.97 Å². The number of nitrogens with zero attached hydrogens (tertiary/aromatic N) is 2. The van der Waals surface area contributed by atoms with Crippen molar-refractivity contribution in [2.45, 2.75) is 15.2 Å². The standard InChI is InChI=1S/C55H34N2S2/c1-3-13-35(14-4-1)48-34-49(36-15-5-2-6-16-36)57-54(56-48)42-20-12-19-40(32-42)38-17-11-18-39(31-38)41-26-28-51-47(33-41)55(45-23-9-10-24-50(45)59-51)44-22-8-7-21-43(44)52-46(55)27-25-37-29-30-58-53(37)52/h1-34H. The molecule has 1 aliphatic carbocycles. The number of rotatable bonds is 5. The average Bonchev–Trinajstić information content (AvgIpc) is 3.91. The summed E-state index contributed by atoms with van der Waals surface area (Å²) in [6, 6.07) is 72.7. The molecule has 0 bridgehead atoms. The Hall–Kier alpha value is -6.85. The molecule has 12 rings (SSSR count). The summed E-state index contributed by atoms with van der Waals surface area (Å²) in [4.78, 5) is 12.9. The van der Waals surface area contributed by atoms with Gasteiger partial charge in [-0.3, -0.25) is 0 Å². The van der Waals surface area contributed by atoms with E-state index in [0.717, 1.165) is 39.2 Å². The van der Waals surface area contributed by atoms with Gasteiger partial charge < -0.3 is 0 Å². The fourth-order valence-corrected chi connectivity index (χ4v) is 11.5. The Balaban J connectivity index is 0.988. The first-order valence-electron chi connectivity index (χ1n) is 20.0. The molecule has 1 atom stereocenters. The minimum Gasteiger partial charge on any atom is -0.228 e. The highest BCUT2D eigenvalue weighted by Crippen LogP contribution is 2.63. The van der Waals surface area contributed by atoms with Crippen LogP contribution in [0.4, 0.5) is 0 Å². The van der Waals surface area contributed by atoms with Gasteiger partial charge in [0.25, 0.3) is 0 Å². The molecule has 1 aliphatic heterocycles. The lowest BCUT2D eigenvalue weighted by Gasteiger charge is -2.40. The molecule has 1 spiro atoms. The number of hydrogen-bond acceptors (Lipinski definition) is 4. The van der Waals surface area contributed by atoms with Crippen molar-refractivity contribution in [1.82, 2.24) is 9.97 Å². The quantitative estimate of drug-likeness (QED) is 0.174. The Morgan fingerprint density at radius 3 is 1.68 bits per heavy atom. The van der Waals surface area contributed by atoms with Gasteiger partial charge in [0.1, 0.15) is 0 Å². The Morgan fingerprint density at radius 2 is 0.949 bits per heavy atom. The molecule has 0 fully saturated rings. The second kappa shape index (κ2) is 13.6. The lowest BCUT2D eigenvalue weighted by Crippen LogP contribution is -2.32. The summed E-state index contributed by atoms with van der Waals surface area (Å²) in [7, 11) is 0. The Bertz CT molecular complexity index is 3200. The van der Waals surface area contributed by atoms with Crippen LogP contribution in [-0.2, 0) is 5.41 Å². The molecule has 3 heterocycles. The molecule has 1 unspecified atom stereocenters. The molecular formula is C55H34N2S2. The van der Waals surface area contributed by atoms with Crippen LogP contribution in [0.5, 0.6) is 0 Å². The second-order valence-corrected chi connectivity index (χ2v) is 17.3. The Labute approximate surface area is 351 Å². The van der Waals surface area contributed by atoms with E-state index in [1.54, 1.807) is 0 Å². The number of thiophene rings is 1. The SMILES string of the molecule is c1ccc(-c2cc(-c3ccccc3)nc(-c3cccc(-c4cccc(-c5ccc6c(c5)C5(c7ccccc7S6)c6ccccc6-c6c5ccc5ccsc65)c4)c3)n2)cc1. The normalized spacial score (nSPS) is 14.8. The fourth-order valence-electron chi connectivity index (χ4n) is 9.39. The van der Waals surface area contributed by atoms with Crippen LogP contribution in [0, 0.1) is 0 Å². The van der Waals surface area contributed by atoms with E-state index >= 15 is 0 Å². The summed E-state index contributed by atoms with van der Waals surface area (Å²) in [6.45, 7) is 0. The maximum atomic E-state index is 5.12. The van der Waals surface area contributed by atoms with Gasteiger partial charge in [-0.15, -0.1) is 11.3 Å². The van der Waals surface area contributed by atoms with Crippen LogP contribution >= 0.6 is 23.1 Å². The second-order valence-electron chi connectivity index (χ2n) is 15.3. The monoisotopic (exact) mass is 786 g/mol. The lowest BCUT2D eigenvalue weighted by atomic mass is 9.67. The van der Waals surface area contributed by atoms with Crippen molar-refractivity contribution in [2.24, 2.45) is 0 Å². The first kappa shape index (κ1) is 34.2. The van der Waals surface area contributed by atoms with Crippen molar-refractivity contribution in [3.63, 3.8) is 0 Å². The zero-order valence-corrected chi connectivity index (χ0v) is 33.5. The third-order valence-corrected chi connectivity index (χ3v) is 14.1. The molecular weight excluding hydrogens is 753 g/mol. The molecule has 2 aliphatic rings. The minimum atomic E-state index is -0.434. The highest BCUT2D eigenvalue weighted by Gasteiger charge is 2.50. The summed E-state index contributed by atoms with van der Waals surface area (Å²) in [5.74, 6) is 0.706. The molecule has 59 heavy (non-hydrogen) atoms. The lowest BCUT2D eigenvalue weighted by molar-refractivity contribution is 0.723. The van der Waals surface area contributed by atoms with Crippen molar-refractivity contribution in [3.8, 4) is 67.3 Å². The third kappa shape index (κ3) is 5.41. The molecule has 0 saturated heterocycles. The molecule has 0 saturated carbocycles. The van der Waals surface area contributed by atoms with Crippen LogP contribution in [0.25, 0.3) is 77.4 Å². The predicted molar refractivity (Wildman–Crippen MR) is 246 cm³/mol. The molecule has 0 amide bonds. The number of fused-ring (bicyclic) bond motifs is 11. The van der Waals surface area contributed by atoms with Gasteiger partial charge in [-0.2, -0.15) is 0 Å². The van der Waals surface area contributed by atoms with E-state index in [4.69, 9.17) is 9.97 Å². The van der Waals surface area contributed by atoms with E-state index in [2.05, 4.69) is 193 Å². The maximum Gasteiger partial charge on any atom is 0.160 e. The van der Waals surface area contributed by atoms with Gasteiger partial charge >= 0.3 is 0 Å². The Morgan fingerprint density at radius 1 is 0.373 bits per heavy atom. The van der Waals surface area contributed by atoms with Crippen molar-refractivity contribution < 1.29 is 0 Å². The zero-order valence-electron chi connectivity index (χ0n) is 31.8. The number of aromatic nitrogens is 2. The molecule has 0 N–H and O–H groups in total. The van der Waals surface area contributed by atoms with Crippen LogP contribution in [0.3, 0.4) is 0 Å². The zero-order chi connectivity index (χ0) is 38.9. The van der Waals surface area contributed by atoms with Crippen molar-refractivity contribution in [2.75, 3.05) is 0 Å². The smallest absolute Gasteiger partial charge is 0.160 e. The molecule has 10 aromatic rings. The van der Waals surface area contributed by atoms with Gasteiger partial charge in [0.05, 0.1) is 16.8 Å². The molecule has 276 valence electrons. The van der Waals surface area contributed by atoms with Gasteiger partial charge in [0, 0.05) is 36.7 Å². The van der Waals surface area contributed by atoms with E-state index in [1.165, 1.54) is 64.4 Å². The topological polar surface area (TPSA) is 25.8 Å². The third-order valence-electron chi connectivity index (χ3n) is 12.0. The largest absolute Gasteiger partial charge is 0.228 e. The summed E-state index contributed by atoms with van der Waals surface area (Å²) in [5, 5.41) is 3.54. The highest BCUT2D eigenvalue weighted by molar-refractivity contribution is 7.99. The summed E-state index contributed by atoms with van der Waals surface area (Å²) in [5.41, 5.74) is 17.3. The van der Waals surface area contributed by atoms with Crippen LogP contribution < -0.4 is 0 Å². The summed E-state index contributed by atoms with van der Waals surface area (Å²) in [6.07, 6.45) is 0.